The Hall–Kier alpha value is -0.780. The van der Waals surface area contributed by atoms with Gasteiger partial charge >= 0.3 is 12.1 Å². The van der Waals surface area contributed by atoms with Crippen LogP contribution < -0.4 is 11.1 Å². The van der Waals surface area contributed by atoms with E-state index in [0.29, 0.717) is 13.0 Å². The molecule has 0 aliphatic rings. The summed E-state index contributed by atoms with van der Waals surface area (Å²) in [5, 5.41) is 1.82. The van der Waals surface area contributed by atoms with Crippen LogP contribution in [0, 0.1) is 0 Å². The standard InChI is InChI=1S/C9H17F3N2O/c10-9(11,12)8(15)14-7-5-3-1-2-4-6-13/h1-7,13H2,(H,14,15). The molecule has 0 radical (unpaired) electrons. The van der Waals surface area contributed by atoms with Gasteiger partial charge in [-0.1, -0.05) is 19.3 Å². The normalized spacial score (nSPS) is 11.5. The molecule has 90 valence electrons. The largest absolute Gasteiger partial charge is 0.471 e. The lowest BCUT2D eigenvalue weighted by Gasteiger charge is -2.07. The summed E-state index contributed by atoms with van der Waals surface area (Å²) >= 11 is 0. The lowest BCUT2D eigenvalue weighted by Crippen LogP contribution is -2.37. The Balaban J connectivity index is 3.28. The Labute approximate surface area is 87.2 Å². The summed E-state index contributed by atoms with van der Waals surface area (Å²) in [7, 11) is 0. The second kappa shape index (κ2) is 7.50. The van der Waals surface area contributed by atoms with Gasteiger partial charge in [-0.3, -0.25) is 4.79 Å². The first kappa shape index (κ1) is 14.2. The first-order chi connectivity index (χ1) is 6.98. The second-order valence-electron chi connectivity index (χ2n) is 3.31. The van der Waals surface area contributed by atoms with E-state index in [1.54, 1.807) is 0 Å². The molecule has 0 heterocycles. The maximum absolute atomic E-state index is 11.7. The number of halogens is 3. The molecular weight excluding hydrogens is 209 g/mol. The Bertz CT molecular complexity index is 183. The summed E-state index contributed by atoms with van der Waals surface area (Å²) in [6.07, 6.45) is -0.498. The summed E-state index contributed by atoms with van der Waals surface area (Å²) in [4.78, 5) is 10.3. The minimum atomic E-state index is -4.76. The fraction of sp³-hybridized carbons (Fsp3) is 0.889. The summed E-state index contributed by atoms with van der Waals surface area (Å²) < 4.78 is 35.1. The molecular formula is C9H17F3N2O. The maximum Gasteiger partial charge on any atom is 0.471 e. The number of nitrogens with one attached hydrogen (secondary N) is 1. The highest BCUT2D eigenvalue weighted by Gasteiger charge is 2.37. The van der Waals surface area contributed by atoms with Crippen molar-refractivity contribution in [2.45, 2.75) is 38.3 Å². The average Bonchev–Trinajstić information content (AvgIpc) is 2.14. The monoisotopic (exact) mass is 226 g/mol. The van der Waals surface area contributed by atoms with Crippen LogP contribution >= 0.6 is 0 Å². The van der Waals surface area contributed by atoms with Crippen LogP contribution in [-0.4, -0.2) is 25.2 Å². The number of hydrogen-bond acceptors (Lipinski definition) is 2. The van der Waals surface area contributed by atoms with Crippen LogP contribution in [0.1, 0.15) is 32.1 Å². The molecule has 0 saturated carbocycles. The zero-order chi connectivity index (χ0) is 11.7. The van der Waals surface area contributed by atoms with Gasteiger partial charge in [-0.2, -0.15) is 13.2 Å². The zero-order valence-electron chi connectivity index (χ0n) is 8.57. The molecule has 0 bridgehead atoms. The molecule has 0 saturated heterocycles. The molecule has 0 aromatic heterocycles. The first-order valence-electron chi connectivity index (χ1n) is 5.03. The van der Waals surface area contributed by atoms with Gasteiger partial charge in [-0.25, -0.2) is 0 Å². The van der Waals surface area contributed by atoms with Crippen LogP contribution in [0.3, 0.4) is 0 Å². The molecule has 0 unspecified atom stereocenters. The number of carbonyl (C=O) groups excluding carboxylic acids is 1. The van der Waals surface area contributed by atoms with Crippen molar-refractivity contribution in [1.82, 2.24) is 5.32 Å². The molecule has 0 aliphatic carbocycles. The Morgan fingerprint density at radius 2 is 1.60 bits per heavy atom. The van der Waals surface area contributed by atoms with Gasteiger partial charge in [0.05, 0.1) is 0 Å². The maximum atomic E-state index is 11.7. The highest BCUT2D eigenvalue weighted by atomic mass is 19.4. The third kappa shape index (κ3) is 8.23. The van der Waals surface area contributed by atoms with Crippen molar-refractivity contribution in [3.8, 4) is 0 Å². The van der Waals surface area contributed by atoms with E-state index < -0.39 is 12.1 Å². The van der Waals surface area contributed by atoms with Gasteiger partial charge in [0.2, 0.25) is 0 Å². The van der Waals surface area contributed by atoms with Gasteiger partial charge < -0.3 is 11.1 Å². The van der Waals surface area contributed by atoms with Crippen LogP contribution in [0.4, 0.5) is 13.2 Å². The number of nitrogens with two attached hydrogens (primary N) is 1. The molecule has 0 spiro atoms. The number of hydrogen-bond donors (Lipinski definition) is 2. The van der Waals surface area contributed by atoms with Crippen molar-refractivity contribution in [3.63, 3.8) is 0 Å². The fourth-order valence-corrected chi connectivity index (χ4v) is 1.10. The smallest absolute Gasteiger partial charge is 0.348 e. The van der Waals surface area contributed by atoms with E-state index in [4.69, 9.17) is 5.73 Å². The van der Waals surface area contributed by atoms with E-state index >= 15 is 0 Å². The molecule has 15 heavy (non-hydrogen) atoms. The van der Waals surface area contributed by atoms with Crippen molar-refractivity contribution in [1.29, 1.82) is 0 Å². The lowest BCUT2D eigenvalue weighted by atomic mass is 10.1. The van der Waals surface area contributed by atoms with E-state index in [1.807, 2.05) is 5.32 Å². The molecule has 0 aliphatic heterocycles. The van der Waals surface area contributed by atoms with E-state index in [1.165, 1.54) is 0 Å². The molecule has 1 amide bonds. The van der Waals surface area contributed by atoms with Crippen LogP contribution in [-0.2, 0) is 4.79 Å². The minimum Gasteiger partial charge on any atom is -0.348 e. The number of unbranched alkanes of at least 4 members (excludes halogenated alkanes) is 4. The summed E-state index contributed by atoms with van der Waals surface area (Å²) in [6, 6.07) is 0. The van der Waals surface area contributed by atoms with Crippen molar-refractivity contribution in [3.05, 3.63) is 0 Å². The molecule has 3 nitrogen and oxygen atoms in total. The third-order valence-corrected chi connectivity index (χ3v) is 1.92. The number of carbonyl (C=O) groups is 1. The van der Waals surface area contributed by atoms with Gasteiger partial charge in [-0.05, 0) is 19.4 Å². The Kier molecular flexibility index (Phi) is 7.11. The SMILES string of the molecule is NCCCCCCCNC(=O)C(F)(F)F. The molecule has 0 fully saturated rings. The van der Waals surface area contributed by atoms with Crippen molar-refractivity contribution < 1.29 is 18.0 Å². The predicted octanol–water partition coefficient (Wildman–Crippen LogP) is 1.57. The van der Waals surface area contributed by atoms with Crippen LogP contribution in [0.5, 0.6) is 0 Å². The van der Waals surface area contributed by atoms with Crippen molar-refractivity contribution in [2.24, 2.45) is 5.73 Å². The van der Waals surface area contributed by atoms with Gasteiger partial charge in [0, 0.05) is 6.54 Å². The average molecular weight is 226 g/mol. The quantitative estimate of drug-likeness (QED) is 0.647. The van der Waals surface area contributed by atoms with Gasteiger partial charge in [0.15, 0.2) is 0 Å². The van der Waals surface area contributed by atoms with Crippen molar-refractivity contribution in [2.75, 3.05) is 13.1 Å². The minimum absolute atomic E-state index is 0.0843. The summed E-state index contributed by atoms with van der Waals surface area (Å²) in [5.74, 6) is -1.86. The van der Waals surface area contributed by atoms with Gasteiger partial charge in [0.1, 0.15) is 0 Å². The van der Waals surface area contributed by atoms with Gasteiger partial charge in [-0.15, -0.1) is 0 Å². The van der Waals surface area contributed by atoms with E-state index in [-0.39, 0.29) is 6.54 Å². The van der Waals surface area contributed by atoms with E-state index in [9.17, 15) is 18.0 Å². The Morgan fingerprint density at radius 1 is 1.07 bits per heavy atom. The summed E-state index contributed by atoms with van der Waals surface area (Å²) in [5.41, 5.74) is 5.28. The van der Waals surface area contributed by atoms with E-state index in [2.05, 4.69) is 0 Å². The van der Waals surface area contributed by atoms with Crippen LogP contribution in [0.25, 0.3) is 0 Å². The number of alkyl halides is 3. The fourth-order valence-electron chi connectivity index (χ4n) is 1.10. The zero-order valence-corrected chi connectivity index (χ0v) is 8.57. The van der Waals surface area contributed by atoms with E-state index in [0.717, 1.165) is 25.7 Å². The lowest BCUT2D eigenvalue weighted by molar-refractivity contribution is -0.173. The van der Waals surface area contributed by atoms with Crippen LogP contribution in [0.15, 0.2) is 0 Å². The molecule has 0 aromatic rings. The van der Waals surface area contributed by atoms with Gasteiger partial charge in [0.25, 0.3) is 0 Å². The second-order valence-corrected chi connectivity index (χ2v) is 3.31. The predicted molar refractivity (Wildman–Crippen MR) is 51.2 cm³/mol. The molecule has 3 N–H and O–H groups in total. The molecule has 0 aromatic carbocycles. The Morgan fingerprint density at radius 3 is 2.13 bits per heavy atom. The summed E-state index contributed by atoms with van der Waals surface area (Å²) in [6.45, 7) is 0.728. The molecule has 0 atom stereocenters. The topological polar surface area (TPSA) is 55.1 Å². The number of rotatable bonds is 7. The molecule has 0 rings (SSSR count). The number of amides is 1. The first-order valence-corrected chi connectivity index (χ1v) is 5.03. The molecule has 6 heteroatoms. The van der Waals surface area contributed by atoms with Crippen molar-refractivity contribution >= 4 is 5.91 Å². The third-order valence-electron chi connectivity index (χ3n) is 1.92. The highest BCUT2D eigenvalue weighted by molar-refractivity contribution is 5.81. The highest BCUT2D eigenvalue weighted by Crippen LogP contribution is 2.14. The van der Waals surface area contributed by atoms with Crippen LogP contribution in [0.2, 0.25) is 0 Å².